The van der Waals surface area contributed by atoms with Gasteiger partial charge in [0.1, 0.15) is 17.3 Å². The van der Waals surface area contributed by atoms with Gasteiger partial charge in [0.2, 0.25) is 0 Å². The van der Waals surface area contributed by atoms with Gasteiger partial charge in [-0.2, -0.15) is 0 Å². The molecule has 0 saturated carbocycles. The topological polar surface area (TPSA) is 58.6 Å². The molecular weight excluding hydrogens is 383 g/mol. The molecule has 4 rings (SSSR count). The number of ether oxygens (including phenoxy) is 1. The predicted octanol–water partition coefficient (Wildman–Crippen LogP) is 4.54. The molecule has 0 fully saturated rings. The van der Waals surface area contributed by atoms with E-state index in [0.717, 1.165) is 10.5 Å². The Hall–Kier alpha value is -3.93. The summed E-state index contributed by atoms with van der Waals surface area (Å²) in [6.07, 6.45) is 0. The Bertz CT molecular complexity index is 1170. The summed E-state index contributed by atoms with van der Waals surface area (Å²) >= 11 is 0. The number of nitrogens with zero attached hydrogens (tertiary/aromatic N) is 1. The van der Waals surface area contributed by atoms with Crippen LogP contribution < -0.4 is 15.0 Å². The van der Waals surface area contributed by atoms with Crippen LogP contribution in [0.2, 0.25) is 0 Å². The normalized spacial score (nSPS) is 13.8. The zero-order chi connectivity index (χ0) is 21.3. The highest BCUT2D eigenvalue weighted by Crippen LogP contribution is 2.37. The predicted molar refractivity (Wildman–Crippen MR) is 114 cm³/mol. The molecule has 1 aliphatic heterocycles. The lowest BCUT2D eigenvalue weighted by molar-refractivity contribution is -0.120. The molecule has 0 unspecified atom stereocenters. The Morgan fingerprint density at radius 3 is 2.23 bits per heavy atom. The molecule has 150 valence electrons. The summed E-state index contributed by atoms with van der Waals surface area (Å²) in [6, 6.07) is 19.7. The minimum Gasteiger partial charge on any atom is -0.496 e. The number of nitrogens with one attached hydrogen (secondary N) is 1. The third-order valence-corrected chi connectivity index (χ3v) is 4.95. The van der Waals surface area contributed by atoms with Gasteiger partial charge in [0.25, 0.3) is 11.8 Å². The van der Waals surface area contributed by atoms with Crippen LogP contribution in [-0.4, -0.2) is 18.9 Å². The quantitative estimate of drug-likeness (QED) is 0.637. The number of amides is 2. The van der Waals surface area contributed by atoms with E-state index in [9.17, 15) is 14.0 Å². The lowest BCUT2D eigenvalue weighted by Crippen LogP contribution is -2.32. The Morgan fingerprint density at radius 1 is 0.867 bits per heavy atom. The second-order valence-corrected chi connectivity index (χ2v) is 6.81. The van der Waals surface area contributed by atoms with Crippen molar-refractivity contribution in [3.63, 3.8) is 0 Å². The van der Waals surface area contributed by atoms with Crippen LogP contribution in [0.4, 0.5) is 15.8 Å². The fourth-order valence-electron chi connectivity index (χ4n) is 3.42. The number of carbonyl (C=O) groups excluding carboxylic acids is 2. The number of carbonyl (C=O) groups is 2. The van der Waals surface area contributed by atoms with Crippen molar-refractivity contribution in [2.24, 2.45) is 0 Å². The van der Waals surface area contributed by atoms with Crippen LogP contribution in [0, 0.1) is 12.7 Å². The van der Waals surface area contributed by atoms with Crippen molar-refractivity contribution in [2.45, 2.75) is 6.92 Å². The third kappa shape index (κ3) is 3.33. The van der Waals surface area contributed by atoms with Crippen LogP contribution in [0.3, 0.4) is 0 Å². The second-order valence-electron chi connectivity index (χ2n) is 6.81. The average Bonchev–Trinajstić information content (AvgIpc) is 3.00. The summed E-state index contributed by atoms with van der Waals surface area (Å²) in [5, 5.41) is 3.14. The smallest absolute Gasteiger partial charge is 0.282 e. The third-order valence-electron chi connectivity index (χ3n) is 4.95. The maximum Gasteiger partial charge on any atom is 0.282 e. The molecule has 5 nitrogen and oxygen atoms in total. The molecule has 1 aliphatic rings. The van der Waals surface area contributed by atoms with Crippen molar-refractivity contribution in [2.75, 3.05) is 17.3 Å². The molecule has 0 radical (unpaired) electrons. The van der Waals surface area contributed by atoms with Crippen LogP contribution in [0.1, 0.15) is 11.1 Å². The largest absolute Gasteiger partial charge is 0.496 e. The van der Waals surface area contributed by atoms with Gasteiger partial charge in [0.05, 0.1) is 18.4 Å². The molecule has 30 heavy (non-hydrogen) atoms. The number of hydrogen-bond donors (Lipinski definition) is 1. The Kier molecular flexibility index (Phi) is 5.06. The first-order chi connectivity index (χ1) is 14.5. The Balaban J connectivity index is 1.88. The van der Waals surface area contributed by atoms with Gasteiger partial charge in [-0.25, -0.2) is 9.29 Å². The van der Waals surface area contributed by atoms with E-state index in [1.54, 1.807) is 24.3 Å². The van der Waals surface area contributed by atoms with Crippen molar-refractivity contribution in [1.29, 1.82) is 0 Å². The fourth-order valence-corrected chi connectivity index (χ4v) is 3.42. The number of imide groups is 1. The van der Waals surface area contributed by atoms with Crippen molar-refractivity contribution in [3.8, 4) is 5.75 Å². The van der Waals surface area contributed by atoms with Crippen molar-refractivity contribution in [3.05, 3.63) is 95.4 Å². The van der Waals surface area contributed by atoms with Crippen LogP contribution in [0.25, 0.3) is 5.57 Å². The summed E-state index contributed by atoms with van der Waals surface area (Å²) < 4.78 is 18.8. The molecule has 3 aromatic carbocycles. The molecule has 0 atom stereocenters. The molecule has 0 aromatic heterocycles. The van der Waals surface area contributed by atoms with Crippen LogP contribution in [0.15, 0.2) is 78.5 Å². The molecular formula is C24H19FN2O3. The standard InChI is InChI=1S/C24H19FN2O3/c1-15-7-3-5-9-19(15)26-22-21(18-8-4-6-10-20(18)30-2)23(28)27(24(22)29)17-13-11-16(25)12-14-17/h3-14,26H,1-2H3. The maximum absolute atomic E-state index is 13.4. The van der Waals surface area contributed by atoms with Gasteiger partial charge in [-0.3, -0.25) is 9.59 Å². The van der Waals surface area contributed by atoms with E-state index >= 15 is 0 Å². The van der Waals surface area contributed by atoms with E-state index in [2.05, 4.69) is 5.32 Å². The number of methoxy groups -OCH3 is 1. The summed E-state index contributed by atoms with van der Waals surface area (Å²) in [5.41, 5.74) is 2.76. The lowest BCUT2D eigenvalue weighted by Gasteiger charge is -2.15. The molecule has 0 saturated heterocycles. The molecule has 0 spiro atoms. The number of halogens is 1. The van der Waals surface area contributed by atoms with Crippen LogP contribution >= 0.6 is 0 Å². The fraction of sp³-hybridized carbons (Fsp3) is 0.0833. The van der Waals surface area contributed by atoms with Crippen molar-refractivity contribution >= 4 is 28.8 Å². The molecule has 1 N–H and O–H groups in total. The molecule has 1 heterocycles. The van der Waals surface area contributed by atoms with Gasteiger partial charge in [-0.15, -0.1) is 0 Å². The van der Waals surface area contributed by atoms with E-state index in [4.69, 9.17) is 4.74 Å². The molecule has 2 amide bonds. The minimum atomic E-state index is -0.518. The zero-order valence-electron chi connectivity index (χ0n) is 16.5. The van der Waals surface area contributed by atoms with Gasteiger partial charge in [0, 0.05) is 11.3 Å². The summed E-state index contributed by atoms with van der Waals surface area (Å²) in [7, 11) is 1.51. The first-order valence-corrected chi connectivity index (χ1v) is 9.36. The first kappa shape index (κ1) is 19.4. The van der Waals surface area contributed by atoms with E-state index in [1.807, 2.05) is 31.2 Å². The summed E-state index contributed by atoms with van der Waals surface area (Å²) in [4.78, 5) is 27.8. The van der Waals surface area contributed by atoms with Gasteiger partial charge < -0.3 is 10.1 Å². The van der Waals surface area contributed by atoms with Gasteiger partial charge >= 0.3 is 0 Å². The molecule has 0 aliphatic carbocycles. The number of anilines is 2. The molecule has 3 aromatic rings. The average molecular weight is 402 g/mol. The lowest BCUT2D eigenvalue weighted by atomic mass is 10.0. The number of para-hydroxylation sites is 2. The van der Waals surface area contributed by atoms with E-state index in [0.29, 0.717) is 22.7 Å². The van der Waals surface area contributed by atoms with Gasteiger partial charge in [-0.05, 0) is 48.9 Å². The Labute approximate surface area is 173 Å². The minimum absolute atomic E-state index is 0.142. The second kappa shape index (κ2) is 7.83. The summed E-state index contributed by atoms with van der Waals surface area (Å²) in [6.45, 7) is 1.91. The van der Waals surface area contributed by atoms with Crippen LogP contribution in [0.5, 0.6) is 5.75 Å². The number of benzene rings is 3. The summed E-state index contributed by atoms with van der Waals surface area (Å²) in [5.74, 6) is -1.00. The number of aryl methyl sites for hydroxylation is 1. The van der Waals surface area contributed by atoms with Gasteiger partial charge in [0.15, 0.2) is 0 Å². The SMILES string of the molecule is COc1ccccc1C1=C(Nc2ccccc2C)C(=O)N(c2ccc(F)cc2)C1=O. The highest BCUT2D eigenvalue weighted by molar-refractivity contribution is 6.46. The van der Waals surface area contributed by atoms with E-state index in [1.165, 1.54) is 31.4 Å². The molecule has 6 heteroatoms. The number of rotatable bonds is 5. The van der Waals surface area contributed by atoms with Crippen molar-refractivity contribution < 1.29 is 18.7 Å². The Morgan fingerprint density at radius 2 is 1.53 bits per heavy atom. The van der Waals surface area contributed by atoms with E-state index in [-0.39, 0.29) is 11.3 Å². The highest BCUT2D eigenvalue weighted by atomic mass is 19.1. The van der Waals surface area contributed by atoms with Crippen molar-refractivity contribution in [1.82, 2.24) is 0 Å². The number of hydrogen-bond acceptors (Lipinski definition) is 4. The van der Waals surface area contributed by atoms with Gasteiger partial charge in [-0.1, -0.05) is 36.4 Å². The monoisotopic (exact) mass is 402 g/mol. The first-order valence-electron chi connectivity index (χ1n) is 9.36. The maximum atomic E-state index is 13.4. The van der Waals surface area contributed by atoms with E-state index < -0.39 is 17.6 Å². The highest BCUT2D eigenvalue weighted by Gasteiger charge is 2.41. The molecule has 0 bridgehead atoms. The zero-order valence-corrected chi connectivity index (χ0v) is 16.5. The van der Waals surface area contributed by atoms with Crippen LogP contribution in [-0.2, 0) is 9.59 Å².